The molecular formula is C25H36O3. The zero-order valence-corrected chi connectivity index (χ0v) is 17.2. The van der Waals surface area contributed by atoms with Gasteiger partial charge in [0, 0.05) is 27.0 Å². The molecule has 7 rings (SSSR count). The number of hydrogen-bond acceptors (Lipinski definition) is 3. The normalized spacial score (nSPS) is 60.2. The van der Waals surface area contributed by atoms with Crippen molar-refractivity contribution >= 4 is 11.8 Å². The van der Waals surface area contributed by atoms with Crippen molar-refractivity contribution in [2.75, 3.05) is 0 Å². The molecule has 0 aromatic rings. The summed E-state index contributed by atoms with van der Waals surface area (Å²) in [5, 5.41) is 0. The molecule has 7 aliphatic rings. The van der Waals surface area contributed by atoms with Crippen molar-refractivity contribution in [2.45, 2.75) is 77.2 Å². The van der Waals surface area contributed by atoms with Crippen molar-refractivity contribution in [3.63, 3.8) is 0 Å². The fraction of sp³-hybridized carbons (Fsp3) is 0.840. The predicted molar refractivity (Wildman–Crippen MR) is 108 cm³/mol. The highest BCUT2D eigenvalue weighted by atomic mass is 16.6. The second-order valence-electron chi connectivity index (χ2n) is 11.6. The fourth-order valence-corrected chi connectivity index (χ4v) is 10.2. The standard InChI is InChI=1S/C25H32O3.2H2/c1-3-24-8-4-13(26)10-18(24)14-11-15(14)21-17(24)5-7-23(2)22(21)16-12-19(16)25(23)9-6-20(27)28-25;;/h10,14-17,19,21-22H,3-9,11-12H2,1-2H3;2*1H/t14?,15?,16-,17?,19?,21-,22?,23+,24-,25+;;/m1../s1. The number of carbonyl (C=O) groups is 2. The SMILES string of the molecule is CC[C@]12CCC(=O)C=C1C1CC1[C@@H]1C2CC[C@@]2(C)C1[C@@H]1CC1[C@@]21CCC(=O)O1.[HH].[HH]. The maximum Gasteiger partial charge on any atom is 0.306 e. The third kappa shape index (κ3) is 1.61. The Kier molecular flexibility index (Phi) is 2.84. The molecular weight excluding hydrogens is 348 g/mol. The van der Waals surface area contributed by atoms with Crippen LogP contribution in [0.4, 0.5) is 0 Å². The van der Waals surface area contributed by atoms with E-state index < -0.39 is 0 Å². The molecule has 6 aliphatic carbocycles. The molecule has 3 heteroatoms. The molecule has 6 fully saturated rings. The summed E-state index contributed by atoms with van der Waals surface area (Å²) in [5.41, 5.74) is 1.92. The largest absolute Gasteiger partial charge is 0.458 e. The van der Waals surface area contributed by atoms with E-state index in [4.69, 9.17) is 4.74 Å². The second-order valence-corrected chi connectivity index (χ2v) is 11.6. The molecule has 5 unspecified atom stereocenters. The van der Waals surface area contributed by atoms with E-state index in [9.17, 15) is 9.59 Å². The van der Waals surface area contributed by atoms with Crippen LogP contribution in [0.25, 0.3) is 0 Å². The fourth-order valence-electron chi connectivity index (χ4n) is 10.2. The first kappa shape index (κ1) is 16.7. The van der Waals surface area contributed by atoms with E-state index in [0.29, 0.717) is 29.5 Å². The average molecular weight is 385 g/mol. The van der Waals surface area contributed by atoms with Crippen molar-refractivity contribution in [2.24, 2.45) is 52.3 Å². The Morgan fingerprint density at radius 2 is 1.96 bits per heavy atom. The average Bonchev–Trinajstić information content (AvgIpc) is 3.58. The number of carbonyl (C=O) groups excluding carboxylic acids is 2. The number of ketones is 1. The van der Waals surface area contributed by atoms with Gasteiger partial charge in [-0.3, -0.25) is 9.59 Å². The highest BCUT2D eigenvalue weighted by molar-refractivity contribution is 5.92. The third-order valence-corrected chi connectivity index (χ3v) is 11.2. The molecule has 1 saturated heterocycles. The molecule has 0 radical (unpaired) electrons. The lowest BCUT2D eigenvalue weighted by molar-refractivity contribution is -0.178. The zero-order chi connectivity index (χ0) is 19.1. The van der Waals surface area contributed by atoms with Crippen molar-refractivity contribution in [3.8, 4) is 0 Å². The number of rotatable bonds is 1. The van der Waals surface area contributed by atoms with Crippen LogP contribution in [0.15, 0.2) is 11.6 Å². The Labute approximate surface area is 170 Å². The maximum absolute atomic E-state index is 12.3. The van der Waals surface area contributed by atoms with Crippen LogP contribution >= 0.6 is 0 Å². The lowest BCUT2D eigenvalue weighted by atomic mass is 9.44. The Balaban J connectivity index is 0.000000963. The number of esters is 1. The van der Waals surface area contributed by atoms with Gasteiger partial charge in [0.1, 0.15) is 5.60 Å². The molecule has 0 bridgehead atoms. The van der Waals surface area contributed by atoms with Gasteiger partial charge in [-0.1, -0.05) is 19.4 Å². The van der Waals surface area contributed by atoms with Crippen LogP contribution in [-0.4, -0.2) is 17.4 Å². The molecule has 0 aromatic heterocycles. The summed E-state index contributed by atoms with van der Waals surface area (Å²) in [6.45, 7) is 4.89. The monoisotopic (exact) mass is 384 g/mol. The molecule has 1 heterocycles. The van der Waals surface area contributed by atoms with Crippen LogP contribution in [0.2, 0.25) is 0 Å². The van der Waals surface area contributed by atoms with E-state index >= 15 is 0 Å². The van der Waals surface area contributed by atoms with E-state index in [0.717, 1.165) is 48.9 Å². The minimum Gasteiger partial charge on any atom is -0.458 e. The van der Waals surface area contributed by atoms with Gasteiger partial charge in [-0.2, -0.15) is 0 Å². The lowest BCUT2D eigenvalue weighted by Crippen LogP contribution is -2.57. The Morgan fingerprint density at radius 1 is 1.11 bits per heavy atom. The molecule has 3 nitrogen and oxygen atoms in total. The topological polar surface area (TPSA) is 43.4 Å². The van der Waals surface area contributed by atoms with Crippen LogP contribution in [0, 0.1) is 52.3 Å². The molecule has 0 amide bonds. The number of fused-ring (bicyclic) bond motifs is 12. The number of allylic oxidation sites excluding steroid dienone is 1. The minimum absolute atomic E-state index is 0. The zero-order valence-electron chi connectivity index (χ0n) is 17.2. The van der Waals surface area contributed by atoms with Crippen LogP contribution in [0.3, 0.4) is 0 Å². The number of ether oxygens (including phenoxy) is 1. The molecule has 10 atom stereocenters. The summed E-state index contributed by atoms with van der Waals surface area (Å²) in [6, 6.07) is 0. The van der Waals surface area contributed by atoms with Gasteiger partial charge in [-0.05, 0) is 91.9 Å². The Bertz CT molecular complexity index is 853. The highest BCUT2D eigenvalue weighted by Gasteiger charge is 2.81. The van der Waals surface area contributed by atoms with Gasteiger partial charge in [-0.25, -0.2) is 0 Å². The van der Waals surface area contributed by atoms with Crippen molar-refractivity contribution in [1.82, 2.24) is 0 Å². The first-order chi connectivity index (χ1) is 13.5. The quantitative estimate of drug-likeness (QED) is 0.585. The lowest BCUT2D eigenvalue weighted by Gasteiger charge is -2.60. The van der Waals surface area contributed by atoms with Crippen LogP contribution in [0.5, 0.6) is 0 Å². The summed E-state index contributed by atoms with van der Waals surface area (Å²) in [6.07, 6.45) is 11.9. The van der Waals surface area contributed by atoms with Gasteiger partial charge >= 0.3 is 5.97 Å². The summed E-state index contributed by atoms with van der Waals surface area (Å²) < 4.78 is 6.24. The molecule has 1 spiro atoms. The van der Waals surface area contributed by atoms with E-state index in [1.54, 1.807) is 5.57 Å². The summed E-state index contributed by atoms with van der Waals surface area (Å²) in [4.78, 5) is 24.5. The molecule has 154 valence electrons. The van der Waals surface area contributed by atoms with E-state index in [-0.39, 0.29) is 19.8 Å². The van der Waals surface area contributed by atoms with Gasteiger partial charge in [0.15, 0.2) is 5.78 Å². The van der Waals surface area contributed by atoms with Crippen LogP contribution < -0.4 is 0 Å². The third-order valence-electron chi connectivity index (χ3n) is 11.2. The molecule has 0 N–H and O–H groups in total. The van der Waals surface area contributed by atoms with Gasteiger partial charge < -0.3 is 4.74 Å². The maximum atomic E-state index is 12.3. The van der Waals surface area contributed by atoms with E-state index in [1.165, 1.54) is 32.1 Å². The molecule has 28 heavy (non-hydrogen) atoms. The van der Waals surface area contributed by atoms with Crippen molar-refractivity contribution < 1.29 is 17.2 Å². The minimum atomic E-state index is -0.132. The first-order valence-corrected chi connectivity index (χ1v) is 11.9. The van der Waals surface area contributed by atoms with Gasteiger partial charge in [-0.15, -0.1) is 0 Å². The summed E-state index contributed by atoms with van der Waals surface area (Å²) >= 11 is 0. The molecule has 1 aliphatic heterocycles. The molecule has 0 aromatic carbocycles. The first-order valence-electron chi connectivity index (χ1n) is 11.9. The van der Waals surface area contributed by atoms with Crippen LogP contribution in [0.1, 0.15) is 74.5 Å². The summed E-state index contributed by atoms with van der Waals surface area (Å²) in [5.74, 6) is 5.69. The second kappa shape index (κ2) is 4.78. The predicted octanol–water partition coefficient (Wildman–Crippen LogP) is 5.19. The summed E-state index contributed by atoms with van der Waals surface area (Å²) in [7, 11) is 0. The van der Waals surface area contributed by atoms with Gasteiger partial charge in [0.2, 0.25) is 0 Å². The number of hydrogen-bond donors (Lipinski definition) is 0. The van der Waals surface area contributed by atoms with Crippen molar-refractivity contribution in [1.29, 1.82) is 0 Å². The van der Waals surface area contributed by atoms with Gasteiger partial charge in [0.25, 0.3) is 0 Å². The molecule has 5 saturated carbocycles. The van der Waals surface area contributed by atoms with Crippen LogP contribution in [-0.2, 0) is 14.3 Å². The van der Waals surface area contributed by atoms with Gasteiger partial charge in [0.05, 0.1) is 0 Å². The van der Waals surface area contributed by atoms with Crippen molar-refractivity contribution in [3.05, 3.63) is 11.6 Å². The van der Waals surface area contributed by atoms with E-state index in [2.05, 4.69) is 19.9 Å². The van der Waals surface area contributed by atoms with E-state index in [1.807, 2.05) is 0 Å². The Hall–Kier alpha value is -1.12. The highest BCUT2D eigenvalue weighted by Crippen LogP contribution is 2.82. The Morgan fingerprint density at radius 3 is 2.71 bits per heavy atom. The smallest absolute Gasteiger partial charge is 0.306 e.